The van der Waals surface area contributed by atoms with E-state index in [0.717, 1.165) is 5.56 Å². The molecule has 0 spiro atoms. The molecule has 0 aliphatic carbocycles. The number of aromatic nitrogens is 1. The molecule has 4 N–H and O–H groups in total. The van der Waals surface area contributed by atoms with Gasteiger partial charge in [-0.15, -0.1) is 0 Å². The molecule has 19 heavy (non-hydrogen) atoms. The Hall–Kier alpha value is -1.70. The van der Waals surface area contributed by atoms with Crippen LogP contribution in [0, 0.1) is 0 Å². The molecule has 106 valence electrons. The molecular weight excluding hydrogens is 246 g/mol. The zero-order valence-electron chi connectivity index (χ0n) is 11.3. The van der Waals surface area contributed by atoms with Crippen LogP contribution in [0.3, 0.4) is 0 Å². The lowest BCUT2D eigenvalue weighted by molar-refractivity contribution is -0.122. The van der Waals surface area contributed by atoms with Crippen molar-refractivity contribution in [1.29, 1.82) is 0 Å². The zero-order chi connectivity index (χ0) is 14.1. The number of nitrogens with two attached hydrogens (primary N) is 1. The van der Waals surface area contributed by atoms with Crippen LogP contribution in [0.15, 0.2) is 18.3 Å². The number of amides is 1. The number of carbonyl (C=O) groups excluding carboxylic acids is 1. The molecule has 0 atom stereocenters. The smallest absolute Gasteiger partial charge is 0.234 e. The van der Waals surface area contributed by atoms with Gasteiger partial charge in [0.05, 0.1) is 13.2 Å². The van der Waals surface area contributed by atoms with Crippen LogP contribution in [-0.4, -0.2) is 49.6 Å². The Kier molecular flexibility index (Phi) is 6.80. The second-order valence-corrected chi connectivity index (χ2v) is 4.21. The molecule has 0 aromatic carbocycles. The zero-order valence-corrected chi connectivity index (χ0v) is 11.3. The van der Waals surface area contributed by atoms with E-state index < -0.39 is 0 Å². The molecule has 0 saturated heterocycles. The second kappa shape index (κ2) is 8.41. The molecule has 1 aromatic heterocycles. The summed E-state index contributed by atoms with van der Waals surface area (Å²) in [6, 6.07) is 3.71. The fourth-order valence-corrected chi connectivity index (χ4v) is 1.56. The van der Waals surface area contributed by atoms with Crippen LogP contribution in [0.25, 0.3) is 0 Å². The Balaban J connectivity index is 2.33. The summed E-state index contributed by atoms with van der Waals surface area (Å²) in [6.45, 7) is 2.03. The Morgan fingerprint density at radius 1 is 1.53 bits per heavy atom. The molecule has 1 aromatic rings. The van der Waals surface area contributed by atoms with E-state index in [1.807, 2.05) is 18.0 Å². The summed E-state index contributed by atoms with van der Waals surface area (Å²) in [5.41, 5.74) is 3.49. The van der Waals surface area contributed by atoms with Crippen LogP contribution in [-0.2, 0) is 16.1 Å². The molecule has 1 heterocycles. The summed E-state index contributed by atoms with van der Waals surface area (Å²) in [6.07, 6.45) is 1.73. The van der Waals surface area contributed by atoms with E-state index in [2.05, 4.69) is 15.7 Å². The minimum Gasteiger partial charge on any atom is -0.383 e. The minimum absolute atomic E-state index is 0.0206. The number of hydrogen-bond acceptors (Lipinski definition) is 6. The molecular formula is C12H21N5O2. The van der Waals surface area contributed by atoms with Crippen molar-refractivity contribution >= 4 is 11.7 Å². The summed E-state index contributed by atoms with van der Waals surface area (Å²) < 4.78 is 4.86. The topological polar surface area (TPSA) is 92.5 Å². The number of methoxy groups -OCH3 is 1. The molecule has 1 rings (SSSR count). The van der Waals surface area contributed by atoms with Crippen molar-refractivity contribution in [3.05, 3.63) is 23.9 Å². The molecule has 1 amide bonds. The highest BCUT2D eigenvalue weighted by molar-refractivity contribution is 5.77. The van der Waals surface area contributed by atoms with Gasteiger partial charge in [0.2, 0.25) is 5.91 Å². The van der Waals surface area contributed by atoms with Crippen LogP contribution >= 0.6 is 0 Å². The van der Waals surface area contributed by atoms with Crippen molar-refractivity contribution in [3.8, 4) is 0 Å². The first-order valence-corrected chi connectivity index (χ1v) is 6.01. The maximum absolute atomic E-state index is 11.6. The Morgan fingerprint density at radius 2 is 2.32 bits per heavy atom. The number of pyridine rings is 1. The highest BCUT2D eigenvalue weighted by Crippen LogP contribution is 2.05. The Morgan fingerprint density at radius 3 is 2.89 bits per heavy atom. The normalized spacial score (nSPS) is 10.5. The molecule has 0 saturated carbocycles. The number of nitrogens with zero attached hydrogens (tertiary/aromatic N) is 2. The van der Waals surface area contributed by atoms with Crippen molar-refractivity contribution < 1.29 is 9.53 Å². The van der Waals surface area contributed by atoms with Crippen LogP contribution < -0.4 is 16.6 Å². The van der Waals surface area contributed by atoms with Gasteiger partial charge in [0, 0.05) is 26.4 Å². The molecule has 0 aliphatic rings. The van der Waals surface area contributed by atoms with Gasteiger partial charge in [-0.2, -0.15) is 0 Å². The van der Waals surface area contributed by atoms with Gasteiger partial charge < -0.3 is 15.5 Å². The number of hydrogen-bond donors (Lipinski definition) is 3. The lowest BCUT2D eigenvalue weighted by atomic mass is 10.2. The van der Waals surface area contributed by atoms with Gasteiger partial charge in [-0.25, -0.2) is 10.8 Å². The van der Waals surface area contributed by atoms with Gasteiger partial charge in [0.15, 0.2) is 0 Å². The molecule has 7 heteroatoms. The number of likely N-dealkylation sites (N-methyl/N-ethyl adjacent to an activating group) is 1. The average molecular weight is 267 g/mol. The third-order valence-corrected chi connectivity index (χ3v) is 2.47. The second-order valence-electron chi connectivity index (χ2n) is 4.21. The number of ether oxygens (including phenoxy) is 1. The first kappa shape index (κ1) is 15.4. The van der Waals surface area contributed by atoms with Crippen molar-refractivity contribution in [3.63, 3.8) is 0 Å². The summed E-state index contributed by atoms with van der Waals surface area (Å²) in [7, 11) is 3.48. The lowest BCUT2D eigenvalue weighted by Gasteiger charge is -2.16. The van der Waals surface area contributed by atoms with E-state index >= 15 is 0 Å². The molecule has 0 unspecified atom stereocenters. The van der Waals surface area contributed by atoms with E-state index in [9.17, 15) is 4.79 Å². The number of hydrazine groups is 1. The van der Waals surface area contributed by atoms with Crippen molar-refractivity contribution in [2.24, 2.45) is 5.84 Å². The minimum atomic E-state index is -0.0206. The van der Waals surface area contributed by atoms with Crippen molar-refractivity contribution in [1.82, 2.24) is 15.2 Å². The van der Waals surface area contributed by atoms with E-state index in [0.29, 0.717) is 32.1 Å². The maximum atomic E-state index is 11.6. The largest absolute Gasteiger partial charge is 0.383 e. The van der Waals surface area contributed by atoms with E-state index in [4.69, 9.17) is 10.6 Å². The third-order valence-electron chi connectivity index (χ3n) is 2.47. The number of nitrogen functional groups attached to an aromatic ring is 1. The maximum Gasteiger partial charge on any atom is 0.234 e. The highest BCUT2D eigenvalue weighted by atomic mass is 16.5. The van der Waals surface area contributed by atoms with Crippen LogP contribution in [0.1, 0.15) is 5.56 Å². The molecule has 7 nitrogen and oxygen atoms in total. The Labute approximate surface area is 113 Å². The summed E-state index contributed by atoms with van der Waals surface area (Å²) >= 11 is 0. The van der Waals surface area contributed by atoms with Crippen LogP contribution in [0.5, 0.6) is 0 Å². The first-order chi connectivity index (χ1) is 9.15. The van der Waals surface area contributed by atoms with Gasteiger partial charge in [0.1, 0.15) is 5.82 Å². The molecule has 0 aliphatic heterocycles. The standard InChI is InChI=1S/C12H21N5O2/c1-17(9-12(18)14-5-6-19-2)8-10-3-4-11(16-13)15-7-10/h3-4,7H,5-6,8-9,13H2,1-2H3,(H,14,18)(H,15,16). The van der Waals surface area contributed by atoms with Gasteiger partial charge in [0.25, 0.3) is 0 Å². The number of nitrogens with one attached hydrogen (secondary N) is 2. The Bertz CT molecular complexity index is 382. The fourth-order valence-electron chi connectivity index (χ4n) is 1.56. The predicted octanol–water partition coefficient (Wildman–Crippen LogP) is -0.438. The molecule has 0 radical (unpaired) electrons. The quantitative estimate of drug-likeness (QED) is 0.336. The average Bonchev–Trinajstić information content (AvgIpc) is 2.39. The summed E-state index contributed by atoms with van der Waals surface area (Å²) in [5, 5.41) is 2.77. The number of carbonyl (C=O) groups is 1. The summed E-state index contributed by atoms with van der Waals surface area (Å²) in [5.74, 6) is 5.83. The van der Waals surface area contributed by atoms with Crippen LogP contribution in [0.4, 0.5) is 5.82 Å². The highest BCUT2D eigenvalue weighted by Gasteiger charge is 2.06. The SMILES string of the molecule is COCCNC(=O)CN(C)Cc1ccc(NN)nc1. The van der Waals surface area contributed by atoms with Gasteiger partial charge in [-0.1, -0.05) is 6.07 Å². The van der Waals surface area contributed by atoms with Crippen molar-refractivity contribution in [2.75, 3.05) is 39.3 Å². The number of rotatable bonds is 8. The predicted molar refractivity (Wildman–Crippen MR) is 73.3 cm³/mol. The molecule has 0 fully saturated rings. The van der Waals surface area contributed by atoms with E-state index in [-0.39, 0.29) is 5.91 Å². The summed E-state index contributed by atoms with van der Waals surface area (Å²) in [4.78, 5) is 17.6. The van der Waals surface area contributed by atoms with Gasteiger partial charge in [-0.05, 0) is 18.7 Å². The molecule has 0 bridgehead atoms. The van der Waals surface area contributed by atoms with Gasteiger partial charge in [-0.3, -0.25) is 9.69 Å². The van der Waals surface area contributed by atoms with Crippen molar-refractivity contribution in [2.45, 2.75) is 6.54 Å². The fraction of sp³-hybridized carbons (Fsp3) is 0.500. The van der Waals surface area contributed by atoms with Gasteiger partial charge >= 0.3 is 0 Å². The van der Waals surface area contributed by atoms with E-state index in [1.54, 1.807) is 19.4 Å². The monoisotopic (exact) mass is 267 g/mol. The third kappa shape index (κ3) is 6.14. The van der Waals surface area contributed by atoms with Crippen LogP contribution in [0.2, 0.25) is 0 Å². The lowest BCUT2D eigenvalue weighted by Crippen LogP contribution is -2.36. The number of anilines is 1. The van der Waals surface area contributed by atoms with E-state index in [1.165, 1.54) is 0 Å². The first-order valence-electron chi connectivity index (χ1n) is 6.01.